The molecule has 9 heteroatoms. The normalized spacial score (nSPS) is 11.0. The number of anilines is 1. The van der Waals surface area contributed by atoms with Gasteiger partial charge in [0.2, 0.25) is 0 Å². The Morgan fingerprint density at radius 1 is 0.825 bits per heavy atom. The van der Waals surface area contributed by atoms with E-state index in [2.05, 4.69) is 10.6 Å². The van der Waals surface area contributed by atoms with Gasteiger partial charge in [0.25, 0.3) is 11.8 Å². The number of benzene rings is 4. The van der Waals surface area contributed by atoms with Gasteiger partial charge in [0, 0.05) is 31.8 Å². The summed E-state index contributed by atoms with van der Waals surface area (Å²) < 4.78 is 5.27. The summed E-state index contributed by atoms with van der Waals surface area (Å²) >= 11 is 14.0. The highest BCUT2D eigenvalue weighted by Crippen LogP contribution is 2.27. The fourth-order valence-electron chi connectivity index (χ4n) is 3.67. The quantitative estimate of drug-likeness (QED) is 0.114. The molecule has 0 saturated carbocycles. The first-order valence-corrected chi connectivity index (χ1v) is 13.8. The number of halogens is 2. The summed E-state index contributed by atoms with van der Waals surface area (Å²) in [6.07, 6.45) is 1.44. The summed E-state index contributed by atoms with van der Waals surface area (Å²) in [5, 5.41) is 6.12. The Balaban J connectivity index is 1.48. The van der Waals surface area contributed by atoms with Crippen molar-refractivity contribution in [3.05, 3.63) is 129 Å². The third-order valence-corrected chi connectivity index (χ3v) is 7.38. The van der Waals surface area contributed by atoms with Gasteiger partial charge in [0.1, 0.15) is 11.4 Å². The van der Waals surface area contributed by atoms with E-state index in [4.69, 9.17) is 27.9 Å². The van der Waals surface area contributed by atoms with E-state index in [1.165, 1.54) is 24.9 Å². The number of hydrogen-bond acceptors (Lipinski definition) is 5. The van der Waals surface area contributed by atoms with Crippen LogP contribution in [0.1, 0.15) is 26.3 Å². The van der Waals surface area contributed by atoms with Crippen LogP contribution >= 0.6 is 35.0 Å². The van der Waals surface area contributed by atoms with Crippen LogP contribution in [0.3, 0.4) is 0 Å². The number of carbonyl (C=O) groups is 3. The SMILES string of the molecule is COc1ccccc1C(=O)CSc1ccc(NC(=O)/C(=C/c2c(Cl)cccc2Cl)NC(=O)c2ccccc2)cc1. The number of amides is 2. The molecule has 0 saturated heterocycles. The monoisotopic (exact) mass is 590 g/mol. The number of thioether (sulfide) groups is 1. The van der Waals surface area contributed by atoms with E-state index in [0.29, 0.717) is 38.2 Å². The standard InChI is InChI=1S/C31H24Cl2N2O4S/c1-39-29-13-6-5-10-23(29)28(36)19-40-22-16-14-21(15-17-22)34-31(38)27(18-24-25(32)11-7-12-26(24)33)35-30(37)20-8-3-2-4-9-20/h2-18H,19H2,1H3,(H,34,38)(H,35,37)/b27-18-. The molecule has 0 fully saturated rings. The summed E-state index contributed by atoms with van der Waals surface area (Å²) in [6, 6.07) is 27.6. The zero-order valence-electron chi connectivity index (χ0n) is 21.3. The fourth-order valence-corrected chi connectivity index (χ4v) is 4.96. The second-order valence-electron chi connectivity index (χ2n) is 8.40. The Hall–Kier alpha value is -4.04. The van der Waals surface area contributed by atoms with Gasteiger partial charge in [0.05, 0.1) is 18.4 Å². The molecule has 0 atom stereocenters. The van der Waals surface area contributed by atoms with Crippen molar-refractivity contribution in [2.45, 2.75) is 4.90 Å². The third kappa shape index (κ3) is 7.54. The molecule has 0 aromatic heterocycles. The second kappa shape index (κ2) is 13.8. The molecule has 2 amide bonds. The molecule has 0 bridgehead atoms. The van der Waals surface area contributed by atoms with Crippen LogP contribution in [0.2, 0.25) is 10.0 Å². The largest absolute Gasteiger partial charge is 0.496 e. The molecule has 0 heterocycles. The van der Waals surface area contributed by atoms with Gasteiger partial charge in [0.15, 0.2) is 5.78 Å². The van der Waals surface area contributed by atoms with Crippen molar-refractivity contribution >= 4 is 64.3 Å². The Labute approximate surface area is 246 Å². The predicted molar refractivity (Wildman–Crippen MR) is 161 cm³/mol. The average Bonchev–Trinajstić information content (AvgIpc) is 2.98. The number of Topliss-reactive ketones (excluding diaryl/α,β-unsaturated/α-hetero) is 1. The zero-order chi connectivity index (χ0) is 28.5. The maximum atomic E-state index is 13.3. The minimum Gasteiger partial charge on any atom is -0.496 e. The number of carbonyl (C=O) groups excluding carboxylic acids is 3. The van der Waals surface area contributed by atoms with E-state index in [9.17, 15) is 14.4 Å². The van der Waals surface area contributed by atoms with Gasteiger partial charge in [-0.25, -0.2) is 0 Å². The minimum atomic E-state index is -0.563. The van der Waals surface area contributed by atoms with Gasteiger partial charge in [-0.3, -0.25) is 14.4 Å². The summed E-state index contributed by atoms with van der Waals surface area (Å²) in [5.74, 6) is -0.318. The predicted octanol–water partition coefficient (Wildman–Crippen LogP) is 7.39. The van der Waals surface area contributed by atoms with Crippen LogP contribution in [0.15, 0.2) is 108 Å². The number of ketones is 1. The minimum absolute atomic E-state index is 0.0373. The molecule has 40 heavy (non-hydrogen) atoms. The Morgan fingerprint density at radius 3 is 2.15 bits per heavy atom. The Morgan fingerprint density at radius 2 is 1.48 bits per heavy atom. The molecule has 0 unspecified atom stereocenters. The van der Waals surface area contributed by atoms with Crippen molar-refractivity contribution in [3.63, 3.8) is 0 Å². The number of para-hydroxylation sites is 1. The van der Waals surface area contributed by atoms with Crippen molar-refractivity contribution < 1.29 is 19.1 Å². The van der Waals surface area contributed by atoms with Crippen LogP contribution in [0.5, 0.6) is 5.75 Å². The van der Waals surface area contributed by atoms with Gasteiger partial charge in [-0.05, 0) is 66.7 Å². The van der Waals surface area contributed by atoms with E-state index in [1.54, 1.807) is 91.0 Å². The van der Waals surface area contributed by atoms with Crippen molar-refractivity contribution in [1.82, 2.24) is 5.32 Å². The van der Waals surface area contributed by atoms with Gasteiger partial charge in [-0.1, -0.05) is 59.6 Å². The van der Waals surface area contributed by atoms with E-state index in [1.807, 2.05) is 6.07 Å². The third-order valence-electron chi connectivity index (χ3n) is 5.71. The maximum Gasteiger partial charge on any atom is 0.272 e. The molecule has 6 nitrogen and oxygen atoms in total. The van der Waals surface area contributed by atoms with Crippen LogP contribution in [0.4, 0.5) is 5.69 Å². The number of hydrogen-bond donors (Lipinski definition) is 2. The fraction of sp³-hybridized carbons (Fsp3) is 0.0645. The smallest absolute Gasteiger partial charge is 0.272 e. The second-order valence-corrected chi connectivity index (χ2v) is 10.3. The topological polar surface area (TPSA) is 84.5 Å². The van der Waals surface area contributed by atoms with Crippen LogP contribution in [0.25, 0.3) is 6.08 Å². The van der Waals surface area contributed by atoms with E-state index < -0.39 is 11.8 Å². The number of ether oxygens (including phenoxy) is 1. The first kappa shape index (κ1) is 29.0. The van der Waals surface area contributed by atoms with Crippen LogP contribution in [-0.2, 0) is 4.79 Å². The lowest BCUT2D eigenvalue weighted by Crippen LogP contribution is -2.30. The lowest BCUT2D eigenvalue weighted by atomic mass is 10.1. The summed E-state index contributed by atoms with van der Waals surface area (Å²) in [4.78, 5) is 39.6. The summed E-state index contributed by atoms with van der Waals surface area (Å²) in [6.45, 7) is 0. The maximum absolute atomic E-state index is 13.3. The molecular weight excluding hydrogens is 567 g/mol. The summed E-state index contributed by atoms with van der Waals surface area (Å²) in [7, 11) is 1.53. The zero-order valence-corrected chi connectivity index (χ0v) is 23.6. The summed E-state index contributed by atoms with van der Waals surface area (Å²) in [5.41, 5.74) is 1.77. The lowest BCUT2D eigenvalue weighted by molar-refractivity contribution is -0.113. The van der Waals surface area contributed by atoms with E-state index >= 15 is 0 Å². The molecule has 202 valence electrons. The highest BCUT2D eigenvalue weighted by atomic mass is 35.5. The molecule has 0 radical (unpaired) electrons. The highest BCUT2D eigenvalue weighted by Gasteiger charge is 2.17. The van der Waals surface area contributed by atoms with Crippen molar-refractivity contribution in [2.24, 2.45) is 0 Å². The Kier molecular flexibility index (Phi) is 10.0. The molecule has 0 spiro atoms. The van der Waals surface area contributed by atoms with E-state index in [0.717, 1.165) is 4.90 Å². The molecule has 2 N–H and O–H groups in total. The average molecular weight is 592 g/mol. The van der Waals surface area contributed by atoms with Crippen molar-refractivity contribution in [1.29, 1.82) is 0 Å². The molecule has 4 aromatic carbocycles. The van der Waals surface area contributed by atoms with Crippen molar-refractivity contribution in [2.75, 3.05) is 18.2 Å². The molecule has 0 aliphatic heterocycles. The molecule has 0 aliphatic carbocycles. The number of methoxy groups -OCH3 is 1. The number of nitrogens with one attached hydrogen (secondary N) is 2. The Bertz CT molecular complexity index is 1540. The van der Waals surface area contributed by atoms with Crippen LogP contribution < -0.4 is 15.4 Å². The first-order chi connectivity index (χ1) is 19.4. The number of rotatable bonds is 10. The first-order valence-electron chi connectivity index (χ1n) is 12.1. The van der Waals surface area contributed by atoms with Gasteiger partial charge in [-0.2, -0.15) is 0 Å². The van der Waals surface area contributed by atoms with Gasteiger partial charge >= 0.3 is 0 Å². The lowest BCUT2D eigenvalue weighted by Gasteiger charge is -2.13. The molecule has 0 aliphatic rings. The molecular formula is C31H24Cl2N2O4S. The van der Waals surface area contributed by atoms with Crippen LogP contribution in [-0.4, -0.2) is 30.5 Å². The molecule has 4 aromatic rings. The highest BCUT2D eigenvalue weighted by molar-refractivity contribution is 8.00. The molecule has 4 rings (SSSR count). The van der Waals surface area contributed by atoms with Crippen molar-refractivity contribution in [3.8, 4) is 5.75 Å². The van der Waals surface area contributed by atoms with E-state index in [-0.39, 0.29) is 17.2 Å². The van der Waals surface area contributed by atoms with Gasteiger partial charge < -0.3 is 15.4 Å². The van der Waals surface area contributed by atoms with Crippen LogP contribution in [0, 0.1) is 0 Å². The van der Waals surface area contributed by atoms with Gasteiger partial charge in [-0.15, -0.1) is 11.8 Å².